The van der Waals surface area contributed by atoms with Gasteiger partial charge in [0, 0.05) is 18.5 Å². The van der Waals surface area contributed by atoms with Crippen molar-refractivity contribution in [2.45, 2.75) is 64.9 Å². The van der Waals surface area contributed by atoms with Crippen molar-refractivity contribution in [1.29, 1.82) is 0 Å². The third-order valence-electron chi connectivity index (χ3n) is 4.39. The summed E-state index contributed by atoms with van der Waals surface area (Å²) in [7, 11) is 0. The zero-order valence-corrected chi connectivity index (χ0v) is 13.3. The second-order valence-electron chi connectivity index (χ2n) is 5.93. The molecule has 21 heavy (non-hydrogen) atoms. The minimum Gasteiger partial charge on any atom is -0.370 e. The predicted molar refractivity (Wildman–Crippen MR) is 84.3 cm³/mol. The van der Waals surface area contributed by atoms with Crippen LogP contribution in [0, 0.1) is 5.92 Å². The zero-order valence-electron chi connectivity index (χ0n) is 13.3. The monoisotopic (exact) mass is 289 g/mol. The minimum atomic E-state index is -0.233. The SMILES string of the molecule is CCOC(C(=O)Cc1ccc(CC)cn1)C1CCCCC1. The lowest BCUT2D eigenvalue weighted by atomic mass is 9.83. The van der Waals surface area contributed by atoms with Crippen LogP contribution in [0.1, 0.15) is 57.2 Å². The van der Waals surface area contributed by atoms with Crippen molar-refractivity contribution in [2.24, 2.45) is 5.92 Å². The summed E-state index contributed by atoms with van der Waals surface area (Å²) >= 11 is 0. The fourth-order valence-corrected chi connectivity index (χ4v) is 3.16. The molecule has 1 unspecified atom stereocenters. The summed E-state index contributed by atoms with van der Waals surface area (Å²) in [5, 5.41) is 0. The van der Waals surface area contributed by atoms with Gasteiger partial charge >= 0.3 is 0 Å². The van der Waals surface area contributed by atoms with Crippen molar-refractivity contribution >= 4 is 5.78 Å². The molecule has 0 N–H and O–H groups in total. The first-order chi connectivity index (χ1) is 10.2. The Labute approximate surface area is 128 Å². The molecule has 1 aromatic rings. The first-order valence-corrected chi connectivity index (χ1v) is 8.32. The first-order valence-electron chi connectivity index (χ1n) is 8.32. The van der Waals surface area contributed by atoms with E-state index in [1.54, 1.807) is 0 Å². The smallest absolute Gasteiger partial charge is 0.167 e. The maximum Gasteiger partial charge on any atom is 0.167 e. The molecule has 0 spiro atoms. The molecule has 1 saturated carbocycles. The van der Waals surface area contributed by atoms with Gasteiger partial charge in [-0.1, -0.05) is 32.3 Å². The summed E-state index contributed by atoms with van der Waals surface area (Å²) in [5.74, 6) is 0.599. The number of Topliss-reactive ketones (excluding diaryl/α,β-unsaturated/α-hetero) is 1. The summed E-state index contributed by atoms with van der Waals surface area (Å²) < 4.78 is 5.78. The van der Waals surface area contributed by atoms with Crippen LogP contribution in [0.5, 0.6) is 0 Å². The van der Waals surface area contributed by atoms with Crippen LogP contribution in [0.15, 0.2) is 18.3 Å². The van der Waals surface area contributed by atoms with Gasteiger partial charge < -0.3 is 4.74 Å². The van der Waals surface area contributed by atoms with E-state index in [4.69, 9.17) is 4.74 Å². The van der Waals surface area contributed by atoms with E-state index in [2.05, 4.69) is 18.0 Å². The molecule has 0 aliphatic heterocycles. The number of ketones is 1. The molecule has 1 atom stereocenters. The number of aryl methyl sites for hydroxylation is 1. The number of aromatic nitrogens is 1. The average molecular weight is 289 g/mol. The molecule has 1 fully saturated rings. The van der Waals surface area contributed by atoms with Crippen LogP contribution < -0.4 is 0 Å². The second-order valence-corrected chi connectivity index (χ2v) is 5.93. The van der Waals surface area contributed by atoms with Gasteiger partial charge in [0.1, 0.15) is 6.10 Å². The van der Waals surface area contributed by atoms with Gasteiger partial charge in [-0.25, -0.2) is 0 Å². The Morgan fingerprint density at radius 2 is 2.05 bits per heavy atom. The number of hydrogen-bond acceptors (Lipinski definition) is 3. The number of nitrogens with zero attached hydrogens (tertiary/aromatic N) is 1. The number of pyridine rings is 1. The maximum atomic E-state index is 12.6. The number of rotatable bonds is 7. The molecule has 0 aromatic carbocycles. The van der Waals surface area contributed by atoms with Crippen LogP contribution >= 0.6 is 0 Å². The van der Waals surface area contributed by atoms with Crippen molar-refractivity contribution in [2.75, 3.05) is 6.61 Å². The largest absolute Gasteiger partial charge is 0.370 e. The molecule has 0 saturated heterocycles. The van der Waals surface area contributed by atoms with E-state index in [1.807, 2.05) is 19.2 Å². The van der Waals surface area contributed by atoms with Crippen molar-refractivity contribution in [3.8, 4) is 0 Å². The highest BCUT2D eigenvalue weighted by Crippen LogP contribution is 2.29. The van der Waals surface area contributed by atoms with Crippen molar-refractivity contribution < 1.29 is 9.53 Å². The third-order valence-corrected chi connectivity index (χ3v) is 4.39. The van der Waals surface area contributed by atoms with Gasteiger partial charge in [-0.15, -0.1) is 0 Å². The predicted octanol–water partition coefficient (Wildman–Crippen LogP) is 3.74. The number of hydrogen-bond donors (Lipinski definition) is 0. The van der Waals surface area contributed by atoms with E-state index in [1.165, 1.54) is 24.8 Å². The van der Waals surface area contributed by atoms with Crippen LogP contribution in [0.25, 0.3) is 0 Å². The highest BCUT2D eigenvalue weighted by atomic mass is 16.5. The lowest BCUT2D eigenvalue weighted by Crippen LogP contribution is -2.35. The summed E-state index contributed by atoms with van der Waals surface area (Å²) in [6.07, 6.45) is 9.01. The average Bonchev–Trinajstić information content (AvgIpc) is 2.54. The molecule has 1 aromatic heterocycles. The molecule has 1 heterocycles. The Hall–Kier alpha value is -1.22. The van der Waals surface area contributed by atoms with Crippen LogP contribution in [0.3, 0.4) is 0 Å². The molecular formula is C18H27NO2. The van der Waals surface area contributed by atoms with E-state index in [-0.39, 0.29) is 11.9 Å². The van der Waals surface area contributed by atoms with Crippen LogP contribution in [0.4, 0.5) is 0 Å². The maximum absolute atomic E-state index is 12.6. The molecule has 3 nitrogen and oxygen atoms in total. The molecule has 3 heteroatoms. The van der Waals surface area contributed by atoms with Crippen LogP contribution in [-0.2, 0) is 22.4 Å². The fraction of sp³-hybridized carbons (Fsp3) is 0.667. The lowest BCUT2D eigenvalue weighted by molar-refractivity contribution is -0.134. The van der Waals surface area contributed by atoms with Crippen molar-refractivity contribution in [1.82, 2.24) is 4.98 Å². The molecule has 0 bridgehead atoms. The van der Waals surface area contributed by atoms with Crippen molar-refractivity contribution in [3.63, 3.8) is 0 Å². The van der Waals surface area contributed by atoms with Gasteiger partial charge in [0.25, 0.3) is 0 Å². The number of carbonyl (C=O) groups excluding carboxylic acids is 1. The molecule has 1 aliphatic rings. The van der Waals surface area contributed by atoms with E-state index in [0.717, 1.165) is 25.0 Å². The Kier molecular flexibility index (Phi) is 6.37. The Balaban J connectivity index is 1.99. The molecule has 0 amide bonds. The Morgan fingerprint density at radius 3 is 2.62 bits per heavy atom. The van der Waals surface area contributed by atoms with Gasteiger partial charge in [0.05, 0.1) is 6.42 Å². The fourth-order valence-electron chi connectivity index (χ4n) is 3.16. The van der Waals surface area contributed by atoms with Crippen LogP contribution in [-0.4, -0.2) is 23.5 Å². The van der Waals surface area contributed by atoms with Crippen molar-refractivity contribution in [3.05, 3.63) is 29.6 Å². The second kappa shape index (κ2) is 8.28. The van der Waals surface area contributed by atoms with Gasteiger partial charge in [0.2, 0.25) is 0 Å². The standard InChI is InChI=1S/C18H27NO2/c1-3-14-10-11-16(19-13-14)12-17(20)18(21-4-2)15-8-6-5-7-9-15/h10-11,13,15,18H,3-9,12H2,1-2H3. The Bertz CT molecular complexity index is 435. The van der Waals surface area contributed by atoms with E-state index in [0.29, 0.717) is 18.9 Å². The number of ether oxygens (including phenoxy) is 1. The molecule has 1 aliphatic carbocycles. The topological polar surface area (TPSA) is 39.2 Å². The summed E-state index contributed by atoms with van der Waals surface area (Å²) in [5.41, 5.74) is 2.07. The Morgan fingerprint density at radius 1 is 1.29 bits per heavy atom. The van der Waals surface area contributed by atoms with Gasteiger partial charge in [-0.3, -0.25) is 9.78 Å². The van der Waals surface area contributed by atoms with E-state index < -0.39 is 0 Å². The van der Waals surface area contributed by atoms with Gasteiger partial charge in [0.15, 0.2) is 5.78 Å². The minimum absolute atomic E-state index is 0.195. The molecule has 0 radical (unpaired) electrons. The summed E-state index contributed by atoms with van der Waals surface area (Å²) in [4.78, 5) is 17.0. The van der Waals surface area contributed by atoms with Crippen LogP contribution in [0.2, 0.25) is 0 Å². The molecule has 116 valence electrons. The lowest BCUT2D eigenvalue weighted by Gasteiger charge is -2.29. The highest BCUT2D eigenvalue weighted by Gasteiger charge is 2.29. The third kappa shape index (κ3) is 4.63. The van der Waals surface area contributed by atoms with Gasteiger partial charge in [-0.2, -0.15) is 0 Å². The normalized spacial score (nSPS) is 17.6. The summed E-state index contributed by atoms with van der Waals surface area (Å²) in [6.45, 7) is 4.68. The van der Waals surface area contributed by atoms with E-state index in [9.17, 15) is 4.79 Å². The molecule has 2 rings (SSSR count). The highest BCUT2D eigenvalue weighted by molar-refractivity contribution is 5.85. The number of carbonyl (C=O) groups is 1. The van der Waals surface area contributed by atoms with Gasteiger partial charge in [-0.05, 0) is 43.7 Å². The quantitative estimate of drug-likeness (QED) is 0.767. The molecular weight excluding hydrogens is 262 g/mol. The first kappa shape index (κ1) is 16.2. The van der Waals surface area contributed by atoms with E-state index >= 15 is 0 Å². The zero-order chi connectivity index (χ0) is 15.1. The summed E-state index contributed by atoms with van der Waals surface area (Å²) in [6, 6.07) is 4.03.